The minimum absolute atomic E-state index is 0.00784. The molecule has 33 heavy (non-hydrogen) atoms. The summed E-state index contributed by atoms with van der Waals surface area (Å²) in [6.07, 6.45) is 7.51. The molecular formula is C27H36N4O2. The van der Waals surface area contributed by atoms with Crippen molar-refractivity contribution in [3.05, 3.63) is 59.7 Å². The number of hydrogen-bond donors (Lipinski definition) is 2. The summed E-state index contributed by atoms with van der Waals surface area (Å²) in [7, 11) is 0. The predicted octanol–water partition coefficient (Wildman–Crippen LogP) is 6.09. The largest absolute Gasteiger partial charge is 0.322 e. The van der Waals surface area contributed by atoms with E-state index in [-0.39, 0.29) is 12.1 Å². The van der Waals surface area contributed by atoms with Crippen molar-refractivity contribution in [2.75, 3.05) is 23.7 Å². The maximum atomic E-state index is 12.6. The summed E-state index contributed by atoms with van der Waals surface area (Å²) in [5.74, 6) is 0. The minimum Gasteiger partial charge on any atom is -0.322 e. The van der Waals surface area contributed by atoms with Gasteiger partial charge in [0.25, 0.3) is 0 Å². The number of anilines is 2. The lowest BCUT2D eigenvalue weighted by Gasteiger charge is -2.33. The predicted molar refractivity (Wildman–Crippen MR) is 134 cm³/mol. The van der Waals surface area contributed by atoms with Crippen molar-refractivity contribution in [3.8, 4) is 0 Å². The Hall–Kier alpha value is -3.02. The second-order valence-corrected chi connectivity index (χ2v) is 9.51. The summed E-state index contributed by atoms with van der Waals surface area (Å²) in [5.41, 5.74) is 4.01. The number of nitrogens with one attached hydrogen (secondary N) is 2. The molecule has 2 aliphatic heterocycles. The molecule has 0 aliphatic carbocycles. The van der Waals surface area contributed by atoms with E-state index in [1.165, 1.54) is 24.0 Å². The van der Waals surface area contributed by atoms with Gasteiger partial charge in [-0.15, -0.1) is 0 Å². The maximum Gasteiger partial charge on any atom is 0.322 e. The second-order valence-electron chi connectivity index (χ2n) is 9.51. The van der Waals surface area contributed by atoms with Crippen molar-refractivity contribution in [1.29, 1.82) is 0 Å². The number of piperidine rings is 2. The number of benzene rings is 2. The molecule has 2 aliphatic rings. The van der Waals surface area contributed by atoms with Gasteiger partial charge < -0.3 is 20.4 Å². The monoisotopic (exact) mass is 448 g/mol. The highest BCUT2D eigenvalue weighted by atomic mass is 16.2. The normalized spacial score (nSPS) is 20.9. The van der Waals surface area contributed by atoms with Gasteiger partial charge in [-0.3, -0.25) is 0 Å². The van der Waals surface area contributed by atoms with Crippen LogP contribution < -0.4 is 10.6 Å². The van der Waals surface area contributed by atoms with Crippen LogP contribution >= 0.6 is 0 Å². The first kappa shape index (κ1) is 23.1. The lowest BCUT2D eigenvalue weighted by Crippen LogP contribution is -2.44. The van der Waals surface area contributed by atoms with Crippen molar-refractivity contribution in [3.63, 3.8) is 0 Å². The number of carbonyl (C=O) groups is 2. The second kappa shape index (κ2) is 10.7. The molecular weight excluding hydrogens is 412 g/mol. The smallest absolute Gasteiger partial charge is 0.322 e. The number of urea groups is 2. The Balaban J connectivity index is 1.29. The molecule has 6 nitrogen and oxygen atoms in total. The molecule has 0 aromatic heterocycles. The van der Waals surface area contributed by atoms with Crippen LogP contribution in [0.1, 0.15) is 63.5 Å². The van der Waals surface area contributed by atoms with Gasteiger partial charge in [-0.05, 0) is 94.2 Å². The molecule has 2 saturated heterocycles. The molecule has 2 N–H and O–H groups in total. The van der Waals surface area contributed by atoms with E-state index in [0.717, 1.165) is 56.6 Å². The Bertz CT molecular complexity index is 864. The fraction of sp³-hybridized carbons (Fsp3) is 0.481. The van der Waals surface area contributed by atoms with Crippen LogP contribution in [-0.2, 0) is 6.42 Å². The maximum absolute atomic E-state index is 12.6. The van der Waals surface area contributed by atoms with E-state index >= 15 is 0 Å². The van der Waals surface area contributed by atoms with Gasteiger partial charge in [0, 0.05) is 36.5 Å². The topological polar surface area (TPSA) is 64.7 Å². The summed E-state index contributed by atoms with van der Waals surface area (Å²) in [6, 6.07) is 16.7. The molecule has 176 valence electrons. The summed E-state index contributed by atoms with van der Waals surface area (Å²) < 4.78 is 0. The number of likely N-dealkylation sites (tertiary alicyclic amines) is 2. The van der Waals surface area contributed by atoms with E-state index in [2.05, 4.69) is 48.7 Å². The molecule has 0 saturated carbocycles. The third kappa shape index (κ3) is 6.06. The van der Waals surface area contributed by atoms with Crippen molar-refractivity contribution >= 4 is 23.4 Å². The van der Waals surface area contributed by atoms with Crippen molar-refractivity contribution in [1.82, 2.24) is 9.80 Å². The van der Waals surface area contributed by atoms with Crippen molar-refractivity contribution in [2.24, 2.45) is 0 Å². The zero-order valence-corrected chi connectivity index (χ0v) is 19.8. The molecule has 2 atom stereocenters. The van der Waals surface area contributed by atoms with E-state index in [1.807, 2.05) is 34.1 Å². The summed E-state index contributed by atoms with van der Waals surface area (Å²) in [5, 5.41) is 6.06. The van der Waals surface area contributed by atoms with Gasteiger partial charge in [-0.2, -0.15) is 0 Å². The van der Waals surface area contributed by atoms with Gasteiger partial charge in [0.15, 0.2) is 0 Å². The van der Waals surface area contributed by atoms with Crippen LogP contribution in [0.2, 0.25) is 0 Å². The van der Waals surface area contributed by atoms with Gasteiger partial charge in [0.1, 0.15) is 0 Å². The van der Waals surface area contributed by atoms with E-state index in [1.54, 1.807) is 0 Å². The zero-order valence-electron chi connectivity index (χ0n) is 19.8. The Morgan fingerprint density at radius 2 is 1.09 bits per heavy atom. The summed E-state index contributed by atoms with van der Waals surface area (Å²) in [4.78, 5) is 29.0. The average molecular weight is 449 g/mol. The Morgan fingerprint density at radius 3 is 1.45 bits per heavy atom. The quantitative estimate of drug-likeness (QED) is 0.594. The first-order valence-electron chi connectivity index (χ1n) is 12.3. The van der Waals surface area contributed by atoms with Crippen LogP contribution in [0, 0.1) is 0 Å². The van der Waals surface area contributed by atoms with E-state index in [0.29, 0.717) is 12.1 Å². The van der Waals surface area contributed by atoms with Crippen LogP contribution in [-0.4, -0.2) is 47.0 Å². The van der Waals surface area contributed by atoms with Gasteiger partial charge in [-0.25, -0.2) is 9.59 Å². The third-order valence-electron chi connectivity index (χ3n) is 6.95. The third-order valence-corrected chi connectivity index (χ3v) is 6.95. The lowest BCUT2D eigenvalue weighted by atomic mass is 10.0. The SMILES string of the molecule is C[C@H]1CCCCN1C(=O)Nc1ccc(Cc2ccc(NC(=O)N3CCCC[C@@H]3C)cc2)cc1. The first-order valence-corrected chi connectivity index (χ1v) is 12.3. The minimum atomic E-state index is -0.00784. The van der Waals surface area contributed by atoms with Crippen molar-refractivity contribution in [2.45, 2.75) is 70.9 Å². The highest BCUT2D eigenvalue weighted by molar-refractivity contribution is 5.90. The fourth-order valence-corrected chi connectivity index (χ4v) is 4.84. The van der Waals surface area contributed by atoms with Gasteiger partial charge in [0.05, 0.1) is 0 Å². The van der Waals surface area contributed by atoms with Crippen molar-refractivity contribution < 1.29 is 9.59 Å². The van der Waals surface area contributed by atoms with Crippen LogP contribution in [0.15, 0.2) is 48.5 Å². The molecule has 0 bridgehead atoms. The highest BCUT2D eigenvalue weighted by Crippen LogP contribution is 2.21. The van der Waals surface area contributed by atoms with E-state index in [9.17, 15) is 9.59 Å². The Labute approximate surface area is 197 Å². The summed E-state index contributed by atoms with van der Waals surface area (Å²) in [6.45, 7) is 5.90. The lowest BCUT2D eigenvalue weighted by molar-refractivity contribution is 0.170. The van der Waals surface area contributed by atoms with Crippen LogP contribution in [0.5, 0.6) is 0 Å². The molecule has 2 aromatic carbocycles. The average Bonchev–Trinajstić information content (AvgIpc) is 2.82. The molecule has 0 radical (unpaired) electrons. The number of rotatable bonds is 4. The molecule has 2 aromatic rings. The van der Waals surface area contributed by atoms with Gasteiger partial charge in [0.2, 0.25) is 0 Å². The molecule has 2 heterocycles. The number of carbonyl (C=O) groups excluding carboxylic acids is 2. The molecule has 6 heteroatoms. The molecule has 0 unspecified atom stereocenters. The fourth-order valence-electron chi connectivity index (χ4n) is 4.84. The first-order chi connectivity index (χ1) is 16.0. The number of hydrogen-bond acceptors (Lipinski definition) is 2. The Kier molecular flexibility index (Phi) is 7.53. The molecule has 2 fully saturated rings. The molecule has 4 amide bonds. The number of amides is 4. The standard InChI is InChI=1S/C27H36N4O2/c1-20-7-3-5-17-30(20)26(32)28-24-13-9-22(10-14-24)19-23-11-15-25(16-12-23)29-27(33)31-18-6-4-8-21(31)2/h9-16,20-21H,3-8,17-19H2,1-2H3,(H,28,32)(H,29,33)/t20-,21-/m0/s1. The van der Waals surface area contributed by atoms with Gasteiger partial charge >= 0.3 is 12.1 Å². The van der Waals surface area contributed by atoms with Crippen LogP contribution in [0.3, 0.4) is 0 Å². The highest BCUT2D eigenvalue weighted by Gasteiger charge is 2.24. The molecule has 4 rings (SSSR count). The van der Waals surface area contributed by atoms with E-state index < -0.39 is 0 Å². The van der Waals surface area contributed by atoms with Crippen LogP contribution in [0.4, 0.5) is 21.0 Å². The van der Waals surface area contributed by atoms with E-state index in [4.69, 9.17) is 0 Å². The van der Waals surface area contributed by atoms with Gasteiger partial charge in [-0.1, -0.05) is 24.3 Å². The summed E-state index contributed by atoms with van der Waals surface area (Å²) >= 11 is 0. The van der Waals surface area contributed by atoms with Crippen LogP contribution in [0.25, 0.3) is 0 Å². The molecule has 0 spiro atoms. The number of nitrogens with zero attached hydrogens (tertiary/aromatic N) is 2. The zero-order chi connectivity index (χ0) is 23.2. The Morgan fingerprint density at radius 1 is 0.697 bits per heavy atom.